The summed E-state index contributed by atoms with van der Waals surface area (Å²) in [5.41, 5.74) is 1.21. The lowest BCUT2D eigenvalue weighted by Crippen LogP contribution is -2.15. The van der Waals surface area contributed by atoms with E-state index >= 15 is 0 Å². The number of carboxylic acid groups (broad SMARTS) is 1. The molecule has 0 saturated carbocycles. The predicted octanol–water partition coefficient (Wildman–Crippen LogP) is 2.81. The summed E-state index contributed by atoms with van der Waals surface area (Å²) in [6.07, 6.45) is 0.211. The third-order valence-electron chi connectivity index (χ3n) is 3.23. The highest BCUT2D eigenvalue weighted by molar-refractivity contribution is 5.77. The maximum atomic E-state index is 11.5. The van der Waals surface area contributed by atoms with E-state index < -0.39 is 11.9 Å². The van der Waals surface area contributed by atoms with E-state index in [4.69, 9.17) is 4.74 Å². The summed E-state index contributed by atoms with van der Waals surface area (Å²) in [5.74, 6) is -1.07. The highest BCUT2D eigenvalue weighted by Crippen LogP contribution is 2.31. The summed E-state index contributed by atoms with van der Waals surface area (Å²) in [6.45, 7) is 0. The standard InChI is InChI=1S/C16H16O4/c1-20-15-9-5-3-7-12(15)13(16(18)19)10-11-6-2-4-8-14(11)17/h2-9,13,17H,10H2,1H3,(H,18,19). The van der Waals surface area contributed by atoms with E-state index in [0.29, 0.717) is 16.9 Å². The molecule has 0 aliphatic carbocycles. The van der Waals surface area contributed by atoms with Crippen LogP contribution in [-0.2, 0) is 11.2 Å². The van der Waals surface area contributed by atoms with Crippen LogP contribution < -0.4 is 4.74 Å². The van der Waals surface area contributed by atoms with E-state index in [0.717, 1.165) is 0 Å². The van der Waals surface area contributed by atoms with Gasteiger partial charge in [-0.15, -0.1) is 0 Å². The second kappa shape index (κ2) is 6.10. The molecule has 0 aromatic heterocycles. The first-order valence-corrected chi connectivity index (χ1v) is 6.26. The van der Waals surface area contributed by atoms with Gasteiger partial charge in [0, 0.05) is 5.56 Å². The Labute approximate surface area is 117 Å². The summed E-state index contributed by atoms with van der Waals surface area (Å²) in [5, 5.41) is 19.3. The lowest BCUT2D eigenvalue weighted by Gasteiger charge is -2.16. The van der Waals surface area contributed by atoms with Gasteiger partial charge in [0.05, 0.1) is 13.0 Å². The Balaban J connectivity index is 2.37. The number of phenols is 1. The third-order valence-corrected chi connectivity index (χ3v) is 3.23. The first-order valence-electron chi connectivity index (χ1n) is 6.26. The second-order valence-electron chi connectivity index (χ2n) is 4.47. The number of aromatic hydroxyl groups is 1. The van der Waals surface area contributed by atoms with Crippen LogP contribution >= 0.6 is 0 Å². The molecule has 0 aliphatic heterocycles. The molecule has 0 bridgehead atoms. The largest absolute Gasteiger partial charge is 0.508 e. The van der Waals surface area contributed by atoms with Crippen LogP contribution in [0.15, 0.2) is 48.5 Å². The molecule has 2 aromatic carbocycles. The highest BCUT2D eigenvalue weighted by atomic mass is 16.5. The minimum Gasteiger partial charge on any atom is -0.508 e. The van der Waals surface area contributed by atoms with Gasteiger partial charge < -0.3 is 14.9 Å². The van der Waals surface area contributed by atoms with Crippen molar-refractivity contribution in [2.45, 2.75) is 12.3 Å². The number of carbonyl (C=O) groups is 1. The number of para-hydroxylation sites is 2. The Kier molecular flexibility index (Phi) is 4.25. The van der Waals surface area contributed by atoms with E-state index in [1.807, 2.05) is 0 Å². The summed E-state index contributed by atoms with van der Waals surface area (Å²) >= 11 is 0. The van der Waals surface area contributed by atoms with Crippen molar-refractivity contribution < 1.29 is 19.7 Å². The van der Waals surface area contributed by atoms with Gasteiger partial charge >= 0.3 is 5.97 Å². The number of methoxy groups -OCH3 is 1. The van der Waals surface area contributed by atoms with E-state index in [-0.39, 0.29) is 12.2 Å². The number of hydrogen-bond donors (Lipinski definition) is 2. The predicted molar refractivity (Wildman–Crippen MR) is 75.2 cm³/mol. The molecule has 0 saturated heterocycles. The van der Waals surface area contributed by atoms with Crippen LogP contribution in [0.4, 0.5) is 0 Å². The zero-order valence-corrected chi connectivity index (χ0v) is 11.1. The number of carboxylic acids is 1. The van der Waals surface area contributed by atoms with Gasteiger partial charge in [-0.25, -0.2) is 0 Å². The van der Waals surface area contributed by atoms with Crippen LogP contribution in [0.25, 0.3) is 0 Å². The average Bonchev–Trinajstić information content (AvgIpc) is 2.46. The van der Waals surface area contributed by atoms with Crippen LogP contribution in [-0.4, -0.2) is 23.3 Å². The molecular weight excluding hydrogens is 256 g/mol. The summed E-state index contributed by atoms with van der Waals surface area (Å²) in [7, 11) is 1.51. The van der Waals surface area contributed by atoms with Crippen molar-refractivity contribution in [3.8, 4) is 11.5 Å². The van der Waals surface area contributed by atoms with Crippen LogP contribution in [0, 0.1) is 0 Å². The number of phenolic OH excluding ortho intramolecular Hbond substituents is 1. The molecule has 4 heteroatoms. The van der Waals surface area contributed by atoms with Crippen LogP contribution in [0.2, 0.25) is 0 Å². The second-order valence-corrected chi connectivity index (χ2v) is 4.47. The summed E-state index contributed by atoms with van der Waals surface area (Å²) in [4.78, 5) is 11.5. The molecule has 2 N–H and O–H groups in total. The normalized spacial score (nSPS) is 11.8. The number of benzene rings is 2. The minimum atomic E-state index is -0.947. The van der Waals surface area contributed by atoms with Gasteiger partial charge in [-0.05, 0) is 24.1 Å². The Bertz CT molecular complexity index is 607. The topological polar surface area (TPSA) is 66.8 Å². The first kappa shape index (κ1) is 13.9. The molecule has 0 heterocycles. The van der Waals surface area contributed by atoms with E-state index in [9.17, 15) is 15.0 Å². The number of rotatable bonds is 5. The van der Waals surface area contributed by atoms with Gasteiger partial charge in [-0.2, -0.15) is 0 Å². The van der Waals surface area contributed by atoms with Gasteiger partial charge in [0.15, 0.2) is 0 Å². The summed E-state index contributed by atoms with van der Waals surface area (Å²) in [6, 6.07) is 13.8. The molecular formula is C16H16O4. The van der Waals surface area contributed by atoms with E-state index in [1.54, 1.807) is 48.5 Å². The molecule has 2 aromatic rings. The molecule has 4 nitrogen and oxygen atoms in total. The summed E-state index contributed by atoms with van der Waals surface area (Å²) < 4.78 is 5.22. The fraction of sp³-hybridized carbons (Fsp3) is 0.188. The van der Waals surface area contributed by atoms with Gasteiger partial charge in [0.2, 0.25) is 0 Å². The smallest absolute Gasteiger partial charge is 0.311 e. The monoisotopic (exact) mass is 272 g/mol. The van der Waals surface area contributed by atoms with Gasteiger partial charge in [0.25, 0.3) is 0 Å². The number of aliphatic carboxylic acids is 1. The van der Waals surface area contributed by atoms with E-state index in [1.165, 1.54) is 7.11 Å². The van der Waals surface area contributed by atoms with Crippen molar-refractivity contribution in [2.24, 2.45) is 0 Å². The Morgan fingerprint density at radius 3 is 2.45 bits per heavy atom. The Morgan fingerprint density at radius 2 is 1.80 bits per heavy atom. The fourth-order valence-electron chi connectivity index (χ4n) is 2.19. The molecule has 0 amide bonds. The zero-order valence-electron chi connectivity index (χ0n) is 11.1. The maximum absolute atomic E-state index is 11.5. The Morgan fingerprint density at radius 1 is 1.15 bits per heavy atom. The van der Waals surface area contributed by atoms with E-state index in [2.05, 4.69) is 0 Å². The average molecular weight is 272 g/mol. The van der Waals surface area contributed by atoms with Crippen LogP contribution in [0.3, 0.4) is 0 Å². The third kappa shape index (κ3) is 2.91. The van der Waals surface area contributed by atoms with Crippen molar-refractivity contribution in [3.63, 3.8) is 0 Å². The molecule has 0 radical (unpaired) electrons. The molecule has 20 heavy (non-hydrogen) atoms. The molecule has 1 unspecified atom stereocenters. The van der Waals surface area contributed by atoms with Crippen molar-refractivity contribution in [1.82, 2.24) is 0 Å². The van der Waals surface area contributed by atoms with Gasteiger partial charge in [0.1, 0.15) is 11.5 Å². The fourth-order valence-corrected chi connectivity index (χ4v) is 2.19. The number of hydrogen-bond acceptors (Lipinski definition) is 3. The van der Waals surface area contributed by atoms with Crippen molar-refractivity contribution in [1.29, 1.82) is 0 Å². The maximum Gasteiger partial charge on any atom is 0.311 e. The number of ether oxygens (including phenoxy) is 1. The van der Waals surface area contributed by atoms with Crippen LogP contribution in [0.1, 0.15) is 17.0 Å². The lowest BCUT2D eigenvalue weighted by atomic mass is 9.91. The molecule has 0 fully saturated rings. The zero-order chi connectivity index (χ0) is 14.5. The SMILES string of the molecule is COc1ccccc1C(Cc1ccccc1O)C(=O)O. The Hall–Kier alpha value is -2.49. The van der Waals surface area contributed by atoms with Crippen molar-refractivity contribution in [3.05, 3.63) is 59.7 Å². The molecule has 0 aliphatic rings. The van der Waals surface area contributed by atoms with Crippen molar-refractivity contribution >= 4 is 5.97 Å². The van der Waals surface area contributed by atoms with Crippen molar-refractivity contribution in [2.75, 3.05) is 7.11 Å². The molecule has 2 rings (SSSR count). The van der Waals surface area contributed by atoms with Crippen LogP contribution in [0.5, 0.6) is 11.5 Å². The quantitative estimate of drug-likeness (QED) is 0.878. The highest BCUT2D eigenvalue weighted by Gasteiger charge is 2.24. The molecule has 104 valence electrons. The van der Waals surface area contributed by atoms with Gasteiger partial charge in [-0.3, -0.25) is 4.79 Å². The van der Waals surface area contributed by atoms with Gasteiger partial charge in [-0.1, -0.05) is 36.4 Å². The molecule has 1 atom stereocenters. The first-order chi connectivity index (χ1) is 9.63. The molecule has 0 spiro atoms. The minimum absolute atomic E-state index is 0.105. The lowest BCUT2D eigenvalue weighted by molar-refractivity contribution is -0.138.